The summed E-state index contributed by atoms with van der Waals surface area (Å²) in [5.74, 6) is 1.72. The Morgan fingerprint density at radius 1 is 1.12 bits per heavy atom. The molecular weight excluding hydrogens is 444 g/mol. The highest BCUT2D eigenvalue weighted by Gasteiger charge is 2.26. The van der Waals surface area contributed by atoms with Gasteiger partial charge in [0, 0.05) is 29.4 Å². The molecule has 0 unspecified atom stereocenters. The number of methoxy groups -OCH3 is 1. The standard InChI is InChI=1S/C25H33ClN2O3S/c1-18(2)16-27-25(30)19(3)28(17-20-7-5-8-22(15-20)31-4)24(29)9-6-14-32-23-12-10-21(26)11-13-23/h5,7-8,10-13,15,18-19H,6,9,14,16-17H2,1-4H3,(H,27,30)/t19-/m0/s1. The van der Waals surface area contributed by atoms with Crippen LogP contribution in [0.1, 0.15) is 39.2 Å². The molecule has 7 heteroatoms. The van der Waals surface area contributed by atoms with Crippen LogP contribution in [-0.2, 0) is 16.1 Å². The van der Waals surface area contributed by atoms with Crippen LogP contribution in [-0.4, -0.2) is 42.2 Å². The summed E-state index contributed by atoms with van der Waals surface area (Å²) in [6.07, 6.45) is 1.10. The molecule has 0 heterocycles. The molecule has 0 aliphatic carbocycles. The summed E-state index contributed by atoms with van der Waals surface area (Å²) in [6.45, 7) is 6.82. The van der Waals surface area contributed by atoms with E-state index in [-0.39, 0.29) is 11.8 Å². The quantitative estimate of drug-likeness (QED) is 0.328. The fraction of sp³-hybridized carbons (Fsp3) is 0.440. The van der Waals surface area contributed by atoms with Crippen LogP contribution in [0.15, 0.2) is 53.4 Å². The number of hydrogen-bond acceptors (Lipinski definition) is 4. The summed E-state index contributed by atoms with van der Waals surface area (Å²) in [7, 11) is 1.61. The van der Waals surface area contributed by atoms with Gasteiger partial charge in [0.25, 0.3) is 0 Å². The van der Waals surface area contributed by atoms with Gasteiger partial charge in [-0.25, -0.2) is 0 Å². The van der Waals surface area contributed by atoms with Gasteiger partial charge in [-0.05, 0) is 67.0 Å². The van der Waals surface area contributed by atoms with Gasteiger partial charge in [0.1, 0.15) is 11.8 Å². The molecule has 5 nitrogen and oxygen atoms in total. The van der Waals surface area contributed by atoms with Crippen LogP contribution in [0, 0.1) is 5.92 Å². The van der Waals surface area contributed by atoms with Gasteiger partial charge in [0.05, 0.1) is 7.11 Å². The van der Waals surface area contributed by atoms with E-state index in [1.807, 2.05) is 62.4 Å². The van der Waals surface area contributed by atoms with Crippen LogP contribution in [0.3, 0.4) is 0 Å². The minimum atomic E-state index is -0.559. The fourth-order valence-corrected chi connectivity index (χ4v) is 4.07. The van der Waals surface area contributed by atoms with E-state index in [1.54, 1.807) is 30.7 Å². The summed E-state index contributed by atoms with van der Waals surface area (Å²) in [6, 6.07) is 14.7. The average molecular weight is 477 g/mol. The smallest absolute Gasteiger partial charge is 0.242 e. The lowest BCUT2D eigenvalue weighted by molar-refractivity contribution is -0.140. The van der Waals surface area contributed by atoms with Gasteiger partial charge in [0.15, 0.2) is 0 Å². The zero-order chi connectivity index (χ0) is 23.5. The second-order valence-corrected chi connectivity index (χ2v) is 9.70. The van der Waals surface area contributed by atoms with Crippen molar-refractivity contribution in [3.05, 3.63) is 59.1 Å². The predicted molar refractivity (Wildman–Crippen MR) is 132 cm³/mol. The normalized spacial score (nSPS) is 11.8. The minimum Gasteiger partial charge on any atom is -0.497 e. The Labute approximate surface area is 200 Å². The number of nitrogens with zero attached hydrogens (tertiary/aromatic N) is 1. The molecule has 2 amide bonds. The Morgan fingerprint density at radius 2 is 1.84 bits per heavy atom. The molecule has 0 spiro atoms. The third kappa shape index (κ3) is 8.75. The van der Waals surface area contributed by atoms with E-state index >= 15 is 0 Å². The van der Waals surface area contributed by atoms with E-state index in [0.29, 0.717) is 30.5 Å². The van der Waals surface area contributed by atoms with Gasteiger partial charge in [0.2, 0.25) is 11.8 Å². The highest BCUT2D eigenvalue weighted by molar-refractivity contribution is 7.99. The number of nitrogens with one attached hydrogen (secondary N) is 1. The first-order valence-electron chi connectivity index (χ1n) is 10.9. The van der Waals surface area contributed by atoms with E-state index in [1.165, 1.54) is 0 Å². The molecule has 2 aromatic carbocycles. The molecule has 0 radical (unpaired) electrons. The number of amides is 2. The molecule has 174 valence electrons. The summed E-state index contributed by atoms with van der Waals surface area (Å²) in [4.78, 5) is 28.6. The largest absolute Gasteiger partial charge is 0.497 e. The summed E-state index contributed by atoms with van der Waals surface area (Å²) in [5, 5.41) is 3.66. The Hall–Kier alpha value is -2.18. The number of ether oxygens (including phenoxy) is 1. The number of halogens is 1. The molecule has 0 aliphatic rings. The third-order valence-corrected chi connectivity index (χ3v) is 6.31. The maximum atomic E-state index is 13.1. The van der Waals surface area contributed by atoms with E-state index in [4.69, 9.17) is 16.3 Å². The molecule has 0 bridgehead atoms. The molecule has 0 fully saturated rings. The first-order valence-corrected chi connectivity index (χ1v) is 12.2. The van der Waals surface area contributed by atoms with E-state index in [2.05, 4.69) is 5.32 Å². The van der Waals surface area contributed by atoms with Crippen molar-refractivity contribution in [3.63, 3.8) is 0 Å². The molecule has 1 atom stereocenters. The highest BCUT2D eigenvalue weighted by atomic mass is 35.5. The van der Waals surface area contributed by atoms with Crippen molar-refractivity contribution in [2.24, 2.45) is 5.92 Å². The lowest BCUT2D eigenvalue weighted by Gasteiger charge is -2.29. The lowest BCUT2D eigenvalue weighted by atomic mass is 10.1. The zero-order valence-corrected chi connectivity index (χ0v) is 20.8. The second-order valence-electron chi connectivity index (χ2n) is 8.09. The van der Waals surface area contributed by atoms with Crippen LogP contribution in [0.4, 0.5) is 0 Å². The summed E-state index contributed by atoms with van der Waals surface area (Å²) in [5.41, 5.74) is 0.928. The Kier molecular flexibility index (Phi) is 10.9. The van der Waals surface area contributed by atoms with Crippen molar-refractivity contribution < 1.29 is 14.3 Å². The second kappa shape index (κ2) is 13.4. The predicted octanol–water partition coefficient (Wildman–Crippen LogP) is 5.41. The SMILES string of the molecule is COc1cccc(CN(C(=O)CCCSc2ccc(Cl)cc2)[C@@H](C)C(=O)NCC(C)C)c1. The minimum absolute atomic E-state index is 0.0308. The van der Waals surface area contributed by atoms with E-state index in [0.717, 1.165) is 28.4 Å². The van der Waals surface area contributed by atoms with Crippen molar-refractivity contribution in [1.29, 1.82) is 0 Å². The molecule has 2 rings (SSSR count). The van der Waals surface area contributed by atoms with E-state index < -0.39 is 6.04 Å². The van der Waals surface area contributed by atoms with Crippen molar-refractivity contribution in [3.8, 4) is 5.75 Å². The first kappa shape index (κ1) is 26.1. The molecule has 32 heavy (non-hydrogen) atoms. The molecular formula is C25H33ClN2O3S. The number of carbonyl (C=O) groups is 2. The highest BCUT2D eigenvalue weighted by Crippen LogP contribution is 2.22. The number of rotatable bonds is 12. The van der Waals surface area contributed by atoms with Crippen molar-refractivity contribution in [1.82, 2.24) is 10.2 Å². The Balaban J connectivity index is 2.01. The Morgan fingerprint density at radius 3 is 2.50 bits per heavy atom. The third-order valence-electron chi connectivity index (χ3n) is 4.96. The van der Waals surface area contributed by atoms with Crippen molar-refractivity contribution in [2.75, 3.05) is 19.4 Å². The van der Waals surface area contributed by atoms with Gasteiger partial charge >= 0.3 is 0 Å². The lowest BCUT2D eigenvalue weighted by Crippen LogP contribution is -2.48. The Bertz CT molecular complexity index is 874. The van der Waals surface area contributed by atoms with Gasteiger partial charge in [-0.1, -0.05) is 37.6 Å². The van der Waals surface area contributed by atoms with Gasteiger partial charge in [-0.2, -0.15) is 0 Å². The molecule has 0 saturated heterocycles. The molecule has 1 N–H and O–H groups in total. The fourth-order valence-electron chi connectivity index (χ4n) is 3.09. The van der Waals surface area contributed by atoms with Crippen LogP contribution in [0.2, 0.25) is 5.02 Å². The van der Waals surface area contributed by atoms with Crippen LogP contribution in [0.25, 0.3) is 0 Å². The van der Waals surface area contributed by atoms with Crippen LogP contribution in [0.5, 0.6) is 5.75 Å². The average Bonchev–Trinajstić information content (AvgIpc) is 2.79. The van der Waals surface area contributed by atoms with E-state index in [9.17, 15) is 9.59 Å². The van der Waals surface area contributed by atoms with Gasteiger partial charge in [-0.15, -0.1) is 11.8 Å². The number of thioether (sulfide) groups is 1. The molecule has 2 aromatic rings. The topological polar surface area (TPSA) is 58.6 Å². The van der Waals surface area contributed by atoms with Crippen molar-refractivity contribution >= 4 is 35.2 Å². The van der Waals surface area contributed by atoms with Crippen LogP contribution >= 0.6 is 23.4 Å². The van der Waals surface area contributed by atoms with Crippen molar-refractivity contribution in [2.45, 2.75) is 51.1 Å². The maximum Gasteiger partial charge on any atom is 0.242 e. The monoisotopic (exact) mass is 476 g/mol. The zero-order valence-electron chi connectivity index (χ0n) is 19.3. The maximum absolute atomic E-state index is 13.1. The first-order chi connectivity index (χ1) is 15.3. The summed E-state index contributed by atoms with van der Waals surface area (Å²) < 4.78 is 5.30. The number of carbonyl (C=O) groups excluding carboxylic acids is 2. The molecule has 0 aliphatic heterocycles. The summed E-state index contributed by atoms with van der Waals surface area (Å²) >= 11 is 7.62. The van der Waals surface area contributed by atoms with Gasteiger partial charge < -0.3 is 15.0 Å². The number of hydrogen-bond donors (Lipinski definition) is 1. The number of benzene rings is 2. The van der Waals surface area contributed by atoms with Crippen LogP contribution < -0.4 is 10.1 Å². The molecule has 0 aromatic heterocycles. The molecule has 0 saturated carbocycles. The van der Waals surface area contributed by atoms with Gasteiger partial charge in [-0.3, -0.25) is 9.59 Å².